The van der Waals surface area contributed by atoms with Gasteiger partial charge >= 0.3 is 0 Å². The zero-order chi connectivity index (χ0) is 17.2. The highest BCUT2D eigenvalue weighted by atomic mass is 16.5. The third kappa shape index (κ3) is 5.92. The molecule has 1 heterocycles. The van der Waals surface area contributed by atoms with Crippen molar-refractivity contribution in [3.05, 3.63) is 0 Å². The van der Waals surface area contributed by atoms with Crippen molar-refractivity contribution in [3.8, 4) is 0 Å². The Bertz CT molecular complexity index is 368. The van der Waals surface area contributed by atoms with Crippen molar-refractivity contribution in [2.45, 2.75) is 70.9 Å². The predicted molar refractivity (Wildman–Crippen MR) is 102 cm³/mol. The fraction of sp³-hybridized carbons (Fsp3) is 0.947. The van der Waals surface area contributed by atoms with E-state index in [1.165, 1.54) is 45.1 Å². The van der Waals surface area contributed by atoms with Crippen molar-refractivity contribution < 1.29 is 4.74 Å². The van der Waals surface area contributed by atoms with Gasteiger partial charge in [0.25, 0.3) is 0 Å². The van der Waals surface area contributed by atoms with Crippen LogP contribution in [0.3, 0.4) is 0 Å². The lowest BCUT2D eigenvalue weighted by Crippen LogP contribution is -2.45. The van der Waals surface area contributed by atoms with Crippen LogP contribution in [0.25, 0.3) is 0 Å². The van der Waals surface area contributed by atoms with E-state index in [1.54, 1.807) is 0 Å². The molecule has 0 aromatic rings. The topological polar surface area (TPSA) is 48.9 Å². The molecule has 0 radical (unpaired) electrons. The third-order valence-electron chi connectivity index (χ3n) is 5.66. The molecule has 1 saturated carbocycles. The van der Waals surface area contributed by atoms with Crippen LogP contribution in [0, 0.1) is 5.92 Å². The SMILES string of the molecule is CCOC(CCNC(=NC)NCC1CCCN1CC)C1CCCC1. The van der Waals surface area contributed by atoms with Gasteiger partial charge in [0.1, 0.15) is 0 Å². The summed E-state index contributed by atoms with van der Waals surface area (Å²) in [5, 5.41) is 6.99. The van der Waals surface area contributed by atoms with Crippen molar-refractivity contribution in [3.63, 3.8) is 0 Å². The molecule has 0 aromatic heterocycles. The van der Waals surface area contributed by atoms with Crippen LogP contribution in [-0.2, 0) is 4.74 Å². The molecule has 2 rings (SSSR count). The van der Waals surface area contributed by atoms with Crippen LogP contribution < -0.4 is 10.6 Å². The lowest BCUT2D eigenvalue weighted by molar-refractivity contribution is 0.0169. The van der Waals surface area contributed by atoms with E-state index in [-0.39, 0.29) is 0 Å². The third-order valence-corrected chi connectivity index (χ3v) is 5.66. The zero-order valence-corrected chi connectivity index (χ0v) is 16.0. The summed E-state index contributed by atoms with van der Waals surface area (Å²) in [6.07, 6.45) is 9.53. The number of hydrogen-bond donors (Lipinski definition) is 2. The molecule has 140 valence electrons. The number of nitrogens with one attached hydrogen (secondary N) is 2. The van der Waals surface area contributed by atoms with E-state index < -0.39 is 0 Å². The second-order valence-electron chi connectivity index (χ2n) is 7.13. The normalized spacial score (nSPS) is 24.5. The van der Waals surface area contributed by atoms with Gasteiger partial charge in [-0.1, -0.05) is 19.8 Å². The van der Waals surface area contributed by atoms with Crippen LogP contribution in [0.2, 0.25) is 0 Å². The van der Waals surface area contributed by atoms with Gasteiger partial charge in [0, 0.05) is 32.8 Å². The highest BCUT2D eigenvalue weighted by Crippen LogP contribution is 2.30. The molecule has 1 aliphatic heterocycles. The average molecular weight is 339 g/mol. The fourth-order valence-electron chi connectivity index (χ4n) is 4.31. The summed E-state index contributed by atoms with van der Waals surface area (Å²) >= 11 is 0. The summed E-state index contributed by atoms with van der Waals surface area (Å²) in [5.41, 5.74) is 0. The molecule has 1 saturated heterocycles. The molecule has 1 aliphatic carbocycles. The Morgan fingerprint density at radius 2 is 1.96 bits per heavy atom. The standard InChI is InChI=1S/C19H38N4O/c1-4-23-14-8-11-17(23)15-22-19(20-3)21-13-12-18(24-5-2)16-9-6-7-10-16/h16-18H,4-15H2,1-3H3,(H2,20,21,22). The summed E-state index contributed by atoms with van der Waals surface area (Å²) in [6.45, 7) is 9.50. The number of rotatable bonds is 9. The first-order chi connectivity index (χ1) is 11.8. The van der Waals surface area contributed by atoms with E-state index in [0.717, 1.165) is 44.5 Å². The molecule has 0 aromatic carbocycles. The van der Waals surface area contributed by atoms with Crippen molar-refractivity contribution in [2.24, 2.45) is 10.9 Å². The van der Waals surface area contributed by atoms with E-state index in [0.29, 0.717) is 12.1 Å². The molecule has 0 amide bonds. The van der Waals surface area contributed by atoms with Crippen molar-refractivity contribution in [2.75, 3.05) is 39.8 Å². The molecule has 2 atom stereocenters. The number of guanidine groups is 1. The van der Waals surface area contributed by atoms with Gasteiger partial charge in [-0.05, 0) is 58.0 Å². The fourth-order valence-corrected chi connectivity index (χ4v) is 4.31. The summed E-state index contributed by atoms with van der Waals surface area (Å²) in [7, 11) is 1.86. The molecule has 2 N–H and O–H groups in total. The number of hydrogen-bond acceptors (Lipinski definition) is 3. The lowest BCUT2D eigenvalue weighted by atomic mass is 9.98. The number of nitrogens with zero attached hydrogens (tertiary/aromatic N) is 2. The molecule has 2 aliphatic rings. The smallest absolute Gasteiger partial charge is 0.191 e. The Kier molecular flexibility index (Phi) is 8.89. The zero-order valence-electron chi connectivity index (χ0n) is 16.0. The van der Waals surface area contributed by atoms with Gasteiger partial charge in [0.15, 0.2) is 5.96 Å². The molecule has 2 fully saturated rings. The van der Waals surface area contributed by atoms with Crippen LogP contribution in [-0.4, -0.2) is 62.8 Å². The van der Waals surface area contributed by atoms with Gasteiger partial charge < -0.3 is 15.4 Å². The summed E-state index contributed by atoms with van der Waals surface area (Å²) in [6, 6.07) is 0.656. The van der Waals surface area contributed by atoms with E-state index in [9.17, 15) is 0 Å². The molecule has 24 heavy (non-hydrogen) atoms. The van der Waals surface area contributed by atoms with Crippen LogP contribution in [0.15, 0.2) is 4.99 Å². The monoisotopic (exact) mass is 338 g/mol. The van der Waals surface area contributed by atoms with E-state index in [1.807, 2.05) is 7.05 Å². The van der Waals surface area contributed by atoms with Gasteiger partial charge in [-0.2, -0.15) is 0 Å². The average Bonchev–Trinajstić information content (AvgIpc) is 3.28. The van der Waals surface area contributed by atoms with Crippen molar-refractivity contribution in [1.29, 1.82) is 0 Å². The van der Waals surface area contributed by atoms with E-state index in [2.05, 4.69) is 34.4 Å². The number of aliphatic imine (C=N–C) groups is 1. The van der Waals surface area contributed by atoms with Gasteiger partial charge in [-0.25, -0.2) is 0 Å². The highest BCUT2D eigenvalue weighted by molar-refractivity contribution is 5.79. The molecule has 2 unspecified atom stereocenters. The Labute approximate surface area is 148 Å². The maximum absolute atomic E-state index is 6.00. The molecule has 0 bridgehead atoms. The van der Waals surface area contributed by atoms with Gasteiger partial charge in [-0.3, -0.25) is 9.89 Å². The first-order valence-corrected chi connectivity index (χ1v) is 10.1. The highest BCUT2D eigenvalue weighted by Gasteiger charge is 2.25. The van der Waals surface area contributed by atoms with Crippen molar-refractivity contribution >= 4 is 5.96 Å². The minimum atomic E-state index is 0.411. The maximum atomic E-state index is 6.00. The first-order valence-electron chi connectivity index (χ1n) is 10.1. The van der Waals surface area contributed by atoms with Crippen LogP contribution in [0.4, 0.5) is 0 Å². The second-order valence-corrected chi connectivity index (χ2v) is 7.13. The Balaban J connectivity index is 1.68. The van der Waals surface area contributed by atoms with Crippen molar-refractivity contribution in [1.82, 2.24) is 15.5 Å². The Morgan fingerprint density at radius 3 is 2.62 bits per heavy atom. The quantitative estimate of drug-likeness (QED) is 0.501. The van der Waals surface area contributed by atoms with Gasteiger partial charge in [-0.15, -0.1) is 0 Å². The Hall–Kier alpha value is -0.810. The van der Waals surface area contributed by atoms with Crippen LogP contribution in [0.1, 0.15) is 58.8 Å². The summed E-state index contributed by atoms with van der Waals surface area (Å²) < 4.78 is 6.00. The van der Waals surface area contributed by atoms with Gasteiger partial charge in [0.05, 0.1) is 6.10 Å². The largest absolute Gasteiger partial charge is 0.378 e. The van der Waals surface area contributed by atoms with E-state index >= 15 is 0 Å². The summed E-state index contributed by atoms with van der Waals surface area (Å²) in [5.74, 6) is 1.69. The maximum Gasteiger partial charge on any atom is 0.191 e. The van der Waals surface area contributed by atoms with E-state index in [4.69, 9.17) is 4.74 Å². The lowest BCUT2D eigenvalue weighted by Gasteiger charge is -2.25. The second kappa shape index (κ2) is 10.9. The first kappa shape index (κ1) is 19.5. The minimum Gasteiger partial charge on any atom is -0.378 e. The summed E-state index contributed by atoms with van der Waals surface area (Å²) in [4.78, 5) is 6.94. The molecule has 0 spiro atoms. The van der Waals surface area contributed by atoms with Gasteiger partial charge in [0.2, 0.25) is 0 Å². The number of likely N-dealkylation sites (tertiary alicyclic amines) is 1. The minimum absolute atomic E-state index is 0.411. The number of ether oxygens (including phenoxy) is 1. The molecular formula is C19H38N4O. The number of likely N-dealkylation sites (N-methyl/N-ethyl adjacent to an activating group) is 1. The molecule has 5 heteroatoms. The van der Waals surface area contributed by atoms with Crippen LogP contribution in [0.5, 0.6) is 0 Å². The Morgan fingerprint density at radius 1 is 1.17 bits per heavy atom. The predicted octanol–water partition coefficient (Wildman–Crippen LogP) is 2.62. The van der Waals surface area contributed by atoms with Crippen LogP contribution >= 0.6 is 0 Å². The molecular weight excluding hydrogens is 300 g/mol. The molecule has 5 nitrogen and oxygen atoms in total.